The van der Waals surface area contributed by atoms with Crippen molar-refractivity contribution >= 4 is 11.6 Å². The molecule has 4 aliphatic carbocycles. The van der Waals surface area contributed by atoms with Crippen molar-refractivity contribution in [3.63, 3.8) is 0 Å². The van der Waals surface area contributed by atoms with Crippen LogP contribution >= 0.6 is 0 Å². The lowest BCUT2D eigenvalue weighted by atomic mass is 9.64. The number of hydroxylamine groups is 8. The van der Waals surface area contributed by atoms with Crippen LogP contribution < -0.4 is 5.73 Å². The van der Waals surface area contributed by atoms with E-state index >= 15 is 0 Å². The normalized spacial score (nSPS) is 39.6. The lowest BCUT2D eigenvalue weighted by molar-refractivity contribution is -0.229. The van der Waals surface area contributed by atoms with Gasteiger partial charge in [0.2, 0.25) is 5.91 Å². The van der Waals surface area contributed by atoms with E-state index in [1.54, 1.807) is 10.1 Å². The fourth-order valence-electron chi connectivity index (χ4n) is 11.3. The van der Waals surface area contributed by atoms with Gasteiger partial charge in [-0.15, -0.1) is 0 Å². The summed E-state index contributed by atoms with van der Waals surface area (Å²) in [5.41, 5.74) is 5.33. The van der Waals surface area contributed by atoms with Crippen molar-refractivity contribution in [2.75, 3.05) is 0 Å². The number of nitrogens with zero attached hydrogens (tertiary/aromatic N) is 5. The molecule has 6 heterocycles. The third-order valence-corrected chi connectivity index (χ3v) is 13.6. The maximum atomic E-state index is 11.1. The third kappa shape index (κ3) is 6.94. The van der Waals surface area contributed by atoms with Crippen molar-refractivity contribution in [1.82, 2.24) is 20.3 Å². The molecule has 5 saturated heterocycles. The summed E-state index contributed by atoms with van der Waals surface area (Å²) in [7, 11) is 0. The smallest absolute Gasteiger partial charge is 0.222 e. The molecule has 11 nitrogen and oxygen atoms in total. The van der Waals surface area contributed by atoms with Crippen molar-refractivity contribution in [2.45, 2.75) is 166 Å². The van der Waals surface area contributed by atoms with Gasteiger partial charge in [0.05, 0.1) is 22.7 Å². The van der Waals surface area contributed by atoms with Crippen molar-refractivity contribution in [2.24, 2.45) is 40.3 Å². The van der Waals surface area contributed by atoms with E-state index in [2.05, 4.69) is 4.99 Å². The van der Waals surface area contributed by atoms with Gasteiger partial charge in [-0.2, -0.15) is 20.3 Å². The molecule has 0 radical (unpaired) electrons. The molecule has 4 saturated carbocycles. The molecule has 9 fully saturated rings. The topological polar surface area (TPSA) is 149 Å². The molecule has 1 atom stereocenters. The fourth-order valence-corrected chi connectivity index (χ4v) is 11.3. The first-order valence-electron chi connectivity index (χ1n) is 19.1. The zero-order chi connectivity index (χ0) is 36.6. The second kappa shape index (κ2) is 13.5. The number of carbonyl (C=O) groups is 1. The summed E-state index contributed by atoms with van der Waals surface area (Å²) < 4.78 is 0. The van der Waals surface area contributed by atoms with Gasteiger partial charge in [-0.3, -0.25) is 9.79 Å². The quantitative estimate of drug-likeness (QED) is 0.239. The first-order chi connectivity index (χ1) is 23.2. The highest BCUT2D eigenvalue weighted by Crippen LogP contribution is 2.52. The predicted molar refractivity (Wildman–Crippen MR) is 192 cm³/mol. The fraction of sp³-hybridized carbons (Fsp3) is 0.795. The molecule has 6 N–H and O–H groups in total. The summed E-state index contributed by atoms with van der Waals surface area (Å²) in [6.07, 6.45) is 12.2. The molecular formula is C39H64N6O5. The Morgan fingerprint density at radius 1 is 0.680 bits per heavy atom. The molecule has 11 heteroatoms. The van der Waals surface area contributed by atoms with E-state index in [0.717, 1.165) is 34.9 Å². The monoisotopic (exact) mass is 696 g/mol. The molecule has 0 spiro atoms. The van der Waals surface area contributed by atoms with Gasteiger partial charge in [0.15, 0.2) is 0 Å². The van der Waals surface area contributed by atoms with Gasteiger partial charge in [-0.05, 0) is 149 Å². The van der Waals surface area contributed by atoms with E-state index in [-0.39, 0.29) is 17.4 Å². The molecular weight excluding hydrogens is 632 g/mol. The number of primary amides is 1. The standard InChI is InChI=1S/C13H18N2O.C9H18N2O2.C9H15NO.C8H13NO/c1-12(2)11(10-8-6-5-7-9-10)14-13(3,4)15(12)16;1-8(2)5-6(7(10)12)9(3,4)11(8)13;11-10-8-2-6-1-7(4-8)5-9(10)3-6;10-9-7-1-5-2-8(9)4-6(5)3-7/h5-9,16H,1-4H3;6,13H,5H2,1-4H3,(H2,10,12);6-9,11H,1-5H2;5-8,10H,1-4H2. The zero-order valence-corrected chi connectivity index (χ0v) is 31.7. The van der Waals surface area contributed by atoms with E-state index in [1.165, 1.54) is 67.9 Å². The van der Waals surface area contributed by atoms with E-state index in [4.69, 9.17) is 5.73 Å². The molecule has 280 valence electrons. The Morgan fingerprint density at radius 2 is 1.12 bits per heavy atom. The van der Waals surface area contributed by atoms with Crippen LogP contribution in [0.1, 0.15) is 125 Å². The van der Waals surface area contributed by atoms with Crippen LogP contribution in [0.5, 0.6) is 0 Å². The van der Waals surface area contributed by atoms with E-state index in [9.17, 15) is 25.6 Å². The minimum atomic E-state index is -0.561. The van der Waals surface area contributed by atoms with Crippen LogP contribution in [0, 0.1) is 29.6 Å². The number of amides is 1. The highest BCUT2D eigenvalue weighted by Gasteiger charge is 2.54. The Hall–Kier alpha value is -1.96. The average Bonchev–Trinajstić information content (AvgIpc) is 3.67. The minimum Gasteiger partial charge on any atom is -0.369 e. The van der Waals surface area contributed by atoms with E-state index in [0.29, 0.717) is 30.6 Å². The average molecular weight is 697 g/mol. The van der Waals surface area contributed by atoms with Crippen molar-refractivity contribution in [1.29, 1.82) is 0 Å². The first-order valence-corrected chi connectivity index (χ1v) is 19.1. The third-order valence-electron chi connectivity index (χ3n) is 13.6. The summed E-state index contributed by atoms with van der Waals surface area (Å²) in [5, 5.41) is 45.0. The highest BCUT2D eigenvalue weighted by molar-refractivity contribution is 6.08. The Balaban J connectivity index is 0.000000117. The van der Waals surface area contributed by atoms with Crippen LogP contribution in [0.2, 0.25) is 0 Å². The molecule has 10 aliphatic rings. The number of hydrogen-bond acceptors (Lipinski definition) is 10. The van der Waals surface area contributed by atoms with E-state index in [1.807, 2.05) is 85.7 Å². The minimum absolute atomic E-state index is 0.285. The molecule has 8 bridgehead atoms. The Labute approximate surface area is 299 Å². The second-order valence-corrected chi connectivity index (χ2v) is 18.9. The molecule has 11 rings (SSSR count). The van der Waals surface area contributed by atoms with Gasteiger partial charge in [0, 0.05) is 29.7 Å². The number of benzene rings is 1. The summed E-state index contributed by atoms with van der Waals surface area (Å²) >= 11 is 0. The summed E-state index contributed by atoms with van der Waals surface area (Å²) in [6.45, 7) is 15.2. The number of aliphatic imine (C=N–C) groups is 1. The number of rotatable bonds is 2. The first kappa shape index (κ1) is 37.8. The predicted octanol–water partition coefficient (Wildman–Crippen LogP) is 6.32. The van der Waals surface area contributed by atoms with Crippen LogP contribution in [0.15, 0.2) is 35.3 Å². The molecule has 0 aromatic heterocycles. The molecule has 1 unspecified atom stereocenters. The molecule has 50 heavy (non-hydrogen) atoms. The maximum absolute atomic E-state index is 11.1. The highest BCUT2D eigenvalue weighted by atomic mass is 16.5. The van der Waals surface area contributed by atoms with Crippen LogP contribution in [0.4, 0.5) is 0 Å². The molecule has 1 aromatic rings. The van der Waals surface area contributed by atoms with Crippen LogP contribution in [-0.2, 0) is 4.79 Å². The van der Waals surface area contributed by atoms with Crippen molar-refractivity contribution in [3.05, 3.63) is 35.9 Å². The van der Waals surface area contributed by atoms with Gasteiger partial charge in [-0.25, -0.2) is 0 Å². The van der Waals surface area contributed by atoms with Gasteiger partial charge >= 0.3 is 0 Å². The Kier molecular flexibility index (Phi) is 10.2. The van der Waals surface area contributed by atoms with Crippen LogP contribution in [-0.4, -0.2) is 99.1 Å². The van der Waals surface area contributed by atoms with Crippen LogP contribution in [0.25, 0.3) is 0 Å². The number of piperidine rings is 4. The lowest BCUT2D eigenvalue weighted by Gasteiger charge is -2.53. The van der Waals surface area contributed by atoms with Gasteiger partial charge < -0.3 is 26.6 Å². The number of nitrogens with two attached hydrogens (primary N) is 1. The van der Waals surface area contributed by atoms with Gasteiger partial charge in [0.1, 0.15) is 5.66 Å². The van der Waals surface area contributed by atoms with Gasteiger partial charge in [0.25, 0.3) is 0 Å². The Bertz CT molecular complexity index is 1360. The summed E-state index contributed by atoms with van der Waals surface area (Å²) in [4.78, 5) is 15.8. The second-order valence-electron chi connectivity index (χ2n) is 18.9. The Morgan fingerprint density at radius 3 is 1.46 bits per heavy atom. The van der Waals surface area contributed by atoms with Gasteiger partial charge in [-0.1, -0.05) is 30.3 Å². The van der Waals surface area contributed by atoms with Crippen molar-refractivity contribution < 1.29 is 25.6 Å². The maximum Gasteiger partial charge on any atom is 0.222 e. The van der Waals surface area contributed by atoms with Crippen LogP contribution in [0.3, 0.4) is 0 Å². The van der Waals surface area contributed by atoms with Crippen molar-refractivity contribution in [3.8, 4) is 0 Å². The molecule has 1 aromatic carbocycles. The molecule has 6 aliphatic heterocycles. The summed E-state index contributed by atoms with van der Waals surface area (Å²) in [5.74, 6) is 3.26. The summed E-state index contributed by atoms with van der Waals surface area (Å²) in [6, 6.07) is 12.2. The lowest BCUT2D eigenvalue weighted by Crippen LogP contribution is -2.56. The number of carbonyl (C=O) groups excluding carboxylic acids is 1. The number of hydrogen-bond donors (Lipinski definition) is 5. The SMILES string of the molecule is CC1(C)CC(C(N)=O)C(C)(C)N1O.CC1(C)N=C(c2ccccc2)C(C)(C)N1O.ON1C2CC3CC(C2)CC1C3.ON1C2CC3CC1CC3C2. The zero-order valence-electron chi connectivity index (χ0n) is 31.7. The van der Waals surface area contributed by atoms with E-state index < -0.39 is 16.7 Å². The largest absolute Gasteiger partial charge is 0.369 e. The molecule has 1 amide bonds.